The summed E-state index contributed by atoms with van der Waals surface area (Å²) in [6.07, 6.45) is 3.03. The second-order valence-corrected chi connectivity index (χ2v) is 8.49. The minimum Gasteiger partial charge on any atom is -0.353 e. The standard InChI is InChI=1S/C19H25N5O2S.HI/c1-20-19(22-15-16-6-8-17(9-7-16)27(2,25)26)24-13-11-23(12-14-24)18-5-3-4-10-21-18;/h3-10H,11-15H2,1-2H3,(H,20,22);1H. The number of anilines is 1. The van der Waals surface area contributed by atoms with Gasteiger partial charge in [-0.1, -0.05) is 18.2 Å². The van der Waals surface area contributed by atoms with E-state index >= 15 is 0 Å². The smallest absolute Gasteiger partial charge is 0.194 e. The number of hydrogen-bond acceptors (Lipinski definition) is 5. The highest BCUT2D eigenvalue weighted by molar-refractivity contribution is 14.0. The minimum absolute atomic E-state index is 0. The number of nitrogens with one attached hydrogen (secondary N) is 1. The lowest BCUT2D eigenvalue weighted by Crippen LogP contribution is -2.52. The largest absolute Gasteiger partial charge is 0.353 e. The fourth-order valence-electron chi connectivity index (χ4n) is 3.06. The first-order chi connectivity index (χ1) is 13.0. The van der Waals surface area contributed by atoms with Crippen LogP contribution < -0.4 is 10.2 Å². The van der Waals surface area contributed by atoms with Crippen molar-refractivity contribution in [3.05, 3.63) is 54.2 Å². The number of nitrogens with zero attached hydrogens (tertiary/aromatic N) is 4. The first kappa shape index (κ1) is 22.4. The zero-order valence-corrected chi connectivity index (χ0v) is 19.2. The molecule has 7 nitrogen and oxygen atoms in total. The van der Waals surface area contributed by atoms with Gasteiger partial charge in [0.2, 0.25) is 0 Å². The zero-order valence-electron chi connectivity index (χ0n) is 16.1. The molecule has 0 aliphatic carbocycles. The maximum atomic E-state index is 11.5. The lowest BCUT2D eigenvalue weighted by Gasteiger charge is -2.37. The third kappa shape index (κ3) is 5.81. The van der Waals surface area contributed by atoms with Crippen LogP contribution in [0.4, 0.5) is 5.82 Å². The number of sulfone groups is 1. The molecule has 0 amide bonds. The molecule has 9 heteroatoms. The van der Waals surface area contributed by atoms with Crippen molar-refractivity contribution >= 4 is 45.6 Å². The number of aliphatic imine (C=N–C) groups is 1. The molecule has 1 N–H and O–H groups in total. The van der Waals surface area contributed by atoms with Crippen molar-refractivity contribution < 1.29 is 8.42 Å². The van der Waals surface area contributed by atoms with E-state index in [2.05, 4.69) is 25.1 Å². The monoisotopic (exact) mass is 515 g/mol. The molecule has 1 aliphatic rings. The van der Waals surface area contributed by atoms with Crippen LogP contribution >= 0.6 is 24.0 Å². The van der Waals surface area contributed by atoms with E-state index in [1.54, 1.807) is 19.2 Å². The summed E-state index contributed by atoms with van der Waals surface area (Å²) in [7, 11) is -1.38. The van der Waals surface area contributed by atoms with Crippen LogP contribution in [0.5, 0.6) is 0 Å². The zero-order chi connectivity index (χ0) is 19.3. The van der Waals surface area contributed by atoms with Gasteiger partial charge in [0.05, 0.1) is 4.90 Å². The average molecular weight is 515 g/mol. The van der Waals surface area contributed by atoms with Gasteiger partial charge in [0, 0.05) is 52.2 Å². The third-order valence-corrected chi connectivity index (χ3v) is 5.69. The van der Waals surface area contributed by atoms with Crippen LogP contribution in [0.1, 0.15) is 5.56 Å². The Kier molecular flexibility index (Phi) is 8.05. The van der Waals surface area contributed by atoms with Crippen LogP contribution in [-0.2, 0) is 16.4 Å². The first-order valence-electron chi connectivity index (χ1n) is 8.88. The highest BCUT2D eigenvalue weighted by atomic mass is 127. The van der Waals surface area contributed by atoms with Crippen molar-refractivity contribution in [2.75, 3.05) is 44.4 Å². The van der Waals surface area contributed by atoms with E-state index < -0.39 is 9.84 Å². The quantitative estimate of drug-likeness (QED) is 0.382. The number of halogens is 1. The predicted octanol–water partition coefficient (Wildman–Crippen LogP) is 2.00. The molecule has 0 unspecified atom stereocenters. The molecule has 0 saturated carbocycles. The van der Waals surface area contributed by atoms with Gasteiger partial charge in [0.25, 0.3) is 0 Å². The molecule has 1 aromatic carbocycles. The maximum absolute atomic E-state index is 11.5. The van der Waals surface area contributed by atoms with Gasteiger partial charge >= 0.3 is 0 Å². The highest BCUT2D eigenvalue weighted by Gasteiger charge is 2.20. The highest BCUT2D eigenvalue weighted by Crippen LogP contribution is 2.13. The average Bonchev–Trinajstić information content (AvgIpc) is 2.69. The molecule has 2 heterocycles. The van der Waals surface area contributed by atoms with Gasteiger partial charge in [-0.25, -0.2) is 13.4 Å². The molecule has 152 valence electrons. The van der Waals surface area contributed by atoms with Crippen molar-refractivity contribution in [2.45, 2.75) is 11.4 Å². The molecule has 0 radical (unpaired) electrons. The van der Waals surface area contributed by atoms with E-state index in [0.717, 1.165) is 43.5 Å². The molecule has 2 aromatic rings. The molecule has 0 atom stereocenters. The Morgan fingerprint density at radius 3 is 2.32 bits per heavy atom. The van der Waals surface area contributed by atoms with Gasteiger partial charge in [0.15, 0.2) is 15.8 Å². The number of rotatable bonds is 4. The van der Waals surface area contributed by atoms with E-state index in [-0.39, 0.29) is 24.0 Å². The number of hydrogen-bond donors (Lipinski definition) is 1. The molecule has 0 bridgehead atoms. The molecule has 1 fully saturated rings. The Morgan fingerprint density at radius 2 is 1.79 bits per heavy atom. The Morgan fingerprint density at radius 1 is 1.11 bits per heavy atom. The normalized spacial score (nSPS) is 15.1. The van der Waals surface area contributed by atoms with E-state index in [9.17, 15) is 8.42 Å². The molecule has 1 aliphatic heterocycles. The fourth-order valence-corrected chi connectivity index (χ4v) is 3.69. The second kappa shape index (κ2) is 10.1. The number of guanidine groups is 1. The molecule has 1 saturated heterocycles. The van der Waals surface area contributed by atoms with E-state index in [0.29, 0.717) is 11.4 Å². The van der Waals surface area contributed by atoms with Crippen molar-refractivity contribution in [3.63, 3.8) is 0 Å². The summed E-state index contributed by atoms with van der Waals surface area (Å²) in [4.78, 5) is 13.6. The van der Waals surface area contributed by atoms with Crippen LogP contribution in [0.15, 0.2) is 58.5 Å². The number of aromatic nitrogens is 1. The van der Waals surface area contributed by atoms with Gasteiger partial charge in [-0.15, -0.1) is 24.0 Å². The van der Waals surface area contributed by atoms with Crippen LogP contribution in [-0.4, -0.2) is 63.7 Å². The van der Waals surface area contributed by atoms with Gasteiger partial charge in [-0.2, -0.15) is 0 Å². The van der Waals surface area contributed by atoms with Gasteiger partial charge in [0.1, 0.15) is 5.82 Å². The summed E-state index contributed by atoms with van der Waals surface area (Å²) in [6, 6.07) is 12.9. The molecule has 28 heavy (non-hydrogen) atoms. The Bertz CT molecular complexity index is 880. The number of piperazine rings is 1. The van der Waals surface area contributed by atoms with E-state index in [1.807, 2.05) is 36.5 Å². The Labute approximate surface area is 183 Å². The van der Waals surface area contributed by atoms with Gasteiger partial charge < -0.3 is 15.1 Å². The van der Waals surface area contributed by atoms with Crippen molar-refractivity contribution in [1.29, 1.82) is 0 Å². The van der Waals surface area contributed by atoms with Crippen molar-refractivity contribution in [1.82, 2.24) is 15.2 Å². The van der Waals surface area contributed by atoms with E-state index in [1.165, 1.54) is 6.26 Å². The summed E-state index contributed by atoms with van der Waals surface area (Å²) in [6.45, 7) is 4.10. The summed E-state index contributed by atoms with van der Waals surface area (Å²) < 4.78 is 23.1. The van der Waals surface area contributed by atoms with Crippen LogP contribution in [0.2, 0.25) is 0 Å². The molecule has 0 spiro atoms. The van der Waals surface area contributed by atoms with Crippen molar-refractivity contribution in [2.24, 2.45) is 4.99 Å². The number of benzene rings is 1. The lowest BCUT2D eigenvalue weighted by molar-refractivity contribution is 0.371. The van der Waals surface area contributed by atoms with Crippen LogP contribution in [0.25, 0.3) is 0 Å². The second-order valence-electron chi connectivity index (χ2n) is 6.48. The topological polar surface area (TPSA) is 77.9 Å². The Balaban J connectivity index is 0.00000280. The first-order valence-corrected chi connectivity index (χ1v) is 10.8. The van der Waals surface area contributed by atoms with Crippen molar-refractivity contribution in [3.8, 4) is 0 Å². The van der Waals surface area contributed by atoms with E-state index in [4.69, 9.17) is 0 Å². The molecular weight excluding hydrogens is 489 g/mol. The molecule has 3 rings (SSSR count). The number of pyridine rings is 1. The molecular formula is C19H26IN5O2S. The molecule has 1 aromatic heterocycles. The van der Waals surface area contributed by atoms with Gasteiger partial charge in [-0.3, -0.25) is 4.99 Å². The SMILES string of the molecule is CN=C(NCc1ccc(S(C)(=O)=O)cc1)N1CCN(c2ccccn2)CC1.I. The lowest BCUT2D eigenvalue weighted by atomic mass is 10.2. The van der Waals surface area contributed by atoms with Crippen LogP contribution in [0.3, 0.4) is 0 Å². The summed E-state index contributed by atoms with van der Waals surface area (Å²) in [5.41, 5.74) is 1.01. The predicted molar refractivity (Wildman–Crippen MR) is 123 cm³/mol. The minimum atomic E-state index is -3.16. The summed E-state index contributed by atoms with van der Waals surface area (Å²) in [5.74, 6) is 1.86. The maximum Gasteiger partial charge on any atom is 0.194 e. The van der Waals surface area contributed by atoms with Gasteiger partial charge in [-0.05, 0) is 29.8 Å². The third-order valence-electron chi connectivity index (χ3n) is 4.57. The van der Waals surface area contributed by atoms with Crippen LogP contribution in [0, 0.1) is 0 Å². The Hall–Kier alpha value is -1.88. The summed E-state index contributed by atoms with van der Waals surface area (Å²) >= 11 is 0. The fraction of sp³-hybridized carbons (Fsp3) is 0.368. The summed E-state index contributed by atoms with van der Waals surface area (Å²) in [5, 5.41) is 3.36.